The number of hydrogen-bond acceptors (Lipinski definition) is 4. The molecule has 1 atom stereocenters. The van der Waals surface area contributed by atoms with Gasteiger partial charge in [0.1, 0.15) is 11.4 Å². The first-order chi connectivity index (χ1) is 9.33. The third kappa shape index (κ3) is 5.48. The summed E-state index contributed by atoms with van der Waals surface area (Å²) in [6.07, 6.45) is 0.506. The first-order valence-electron chi connectivity index (χ1n) is 6.72. The minimum absolute atomic E-state index is 0.0279. The Labute approximate surface area is 119 Å². The molecule has 0 radical (unpaired) electrons. The van der Waals surface area contributed by atoms with Crippen molar-refractivity contribution in [2.75, 3.05) is 6.61 Å². The first kappa shape index (κ1) is 16.3. The maximum Gasteiger partial charge on any atom is 0.408 e. The number of aliphatic hydroxyl groups is 1. The van der Waals surface area contributed by atoms with Crippen molar-refractivity contribution in [3.8, 4) is 5.75 Å². The molecule has 0 saturated heterocycles. The van der Waals surface area contributed by atoms with Gasteiger partial charge in [0.2, 0.25) is 0 Å². The van der Waals surface area contributed by atoms with Crippen LogP contribution >= 0.6 is 0 Å². The molecule has 0 fully saturated rings. The Balaban J connectivity index is 2.80. The number of amides is 1. The second-order valence-corrected chi connectivity index (χ2v) is 5.62. The molecule has 0 unspecified atom stereocenters. The van der Waals surface area contributed by atoms with E-state index in [1.807, 2.05) is 0 Å². The number of carbonyl (C=O) groups excluding carboxylic acids is 1. The van der Waals surface area contributed by atoms with Gasteiger partial charge in [-0.1, -0.05) is 18.2 Å². The molecule has 0 aromatic heterocycles. The number of para-hydroxylation sites is 1. The summed E-state index contributed by atoms with van der Waals surface area (Å²) < 4.78 is 5.22. The lowest BCUT2D eigenvalue weighted by Crippen LogP contribution is -2.35. The number of phenols is 1. The lowest BCUT2D eigenvalue weighted by Gasteiger charge is -2.24. The molecule has 20 heavy (non-hydrogen) atoms. The van der Waals surface area contributed by atoms with E-state index < -0.39 is 17.7 Å². The standard InChI is InChI=1S/C15H23NO4/c1-15(2,3)20-14(19)16-12(8-6-10-17)11-7-4-5-9-13(11)18/h4-5,7,9,12,17-18H,6,8,10H2,1-3H3,(H,16,19)/t12-/m0/s1. The average molecular weight is 281 g/mol. The van der Waals surface area contributed by atoms with Crippen LogP contribution in [0.3, 0.4) is 0 Å². The van der Waals surface area contributed by atoms with Gasteiger partial charge in [0.15, 0.2) is 0 Å². The highest BCUT2D eigenvalue weighted by atomic mass is 16.6. The van der Waals surface area contributed by atoms with E-state index in [1.165, 1.54) is 0 Å². The number of phenolic OH excluding ortho intramolecular Hbond substituents is 1. The summed E-state index contributed by atoms with van der Waals surface area (Å²) in [5.74, 6) is 0.117. The number of hydrogen-bond donors (Lipinski definition) is 3. The fourth-order valence-electron chi connectivity index (χ4n) is 1.83. The zero-order valence-electron chi connectivity index (χ0n) is 12.2. The van der Waals surface area contributed by atoms with Gasteiger partial charge in [0.25, 0.3) is 0 Å². The van der Waals surface area contributed by atoms with Crippen LogP contribution in [0.2, 0.25) is 0 Å². The van der Waals surface area contributed by atoms with Crippen molar-refractivity contribution in [3.05, 3.63) is 29.8 Å². The molecule has 0 bridgehead atoms. The number of benzene rings is 1. The molecule has 1 amide bonds. The molecule has 5 heteroatoms. The minimum atomic E-state index is -0.579. The Morgan fingerprint density at radius 1 is 1.35 bits per heavy atom. The van der Waals surface area contributed by atoms with Crippen molar-refractivity contribution in [2.24, 2.45) is 0 Å². The molecule has 1 aromatic carbocycles. The topological polar surface area (TPSA) is 78.8 Å². The summed E-state index contributed by atoms with van der Waals surface area (Å²) in [5.41, 5.74) is 0.0384. The van der Waals surface area contributed by atoms with Crippen LogP contribution in [0, 0.1) is 0 Å². The van der Waals surface area contributed by atoms with Crippen molar-refractivity contribution in [1.29, 1.82) is 0 Å². The first-order valence-corrected chi connectivity index (χ1v) is 6.72. The molecule has 0 aliphatic carbocycles. The lowest BCUT2D eigenvalue weighted by atomic mass is 10.0. The average Bonchev–Trinajstić information content (AvgIpc) is 2.33. The van der Waals surface area contributed by atoms with E-state index in [-0.39, 0.29) is 12.4 Å². The highest BCUT2D eigenvalue weighted by molar-refractivity contribution is 5.68. The van der Waals surface area contributed by atoms with Gasteiger partial charge in [-0.25, -0.2) is 4.79 Å². The molecule has 0 aliphatic heterocycles. The summed E-state index contributed by atoms with van der Waals surface area (Å²) in [6, 6.07) is 6.43. The third-order valence-electron chi connectivity index (χ3n) is 2.65. The molecule has 112 valence electrons. The Morgan fingerprint density at radius 2 is 2.00 bits per heavy atom. The van der Waals surface area contributed by atoms with Crippen molar-refractivity contribution in [2.45, 2.75) is 45.3 Å². The van der Waals surface area contributed by atoms with Gasteiger partial charge in [-0.15, -0.1) is 0 Å². The van der Waals surface area contributed by atoms with E-state index in [2.05, 4.69) is 5.32 Å². The minimum Gasteiger partial charge on any atom is -0.508 e. The predicted octanol–water partition coefficient (Wildman–Crippen LogP) is 2.73. The largest absolute Gasteiger partial charge is 0.508 e. The number of nitrogens with one attached hydrogen (secondary N) is 1. The maximum atomic E-state index is 11.8. The van der Waals surface area contributed by atoms with Gasteiger partial charge < -0.3 is 20.3 Å². The fourth-order valence-corrected chi connectivity index (χ4v) is 1.83. The van der Waals surface area contributed by atoms with Crippen molar-refractivity contribution < 1.29 is 19.7 Å². The van der Waals surface area contributed by atoms with Gasteiger partial charge >= 0.3 is 6.09 Å². The zero-order valence-corrected chi connectivity index (χ0v) is 12.2. The van der Waals surface area contributed by atoms with Crippen molar-refractivity contribution in [1.82, 2.24) is 5.32 Å². The monoisotopic (exact) mass is 281 g/mol. The number of alkyl carbamates (subject to hydrolysis) is 1. The SMILES string of the molecule is CC(C)(C)OC(=O)N[C@@H](CCCO)c1ccccc1O. The number of rotatable bonds is 5. The molecule has 1 rings (SSSR count). The van der Waals surface area contributed by atoms with Crippen LogP contribution in [0.5, 0.6) is 5.75 Å². The molecule has 1 aromatic rings. The van der Waals surface area contributed by atoms with Gasteiger partial charge in [-0.3, -0.25) is 0 Å². The second-order valence-electron chi connectivity index (χ2n) is 5.62. The molecule has 3 N–H and O–H groups in total. The van der Waals surface area contributed by atoms with Crippen LogP contribution in [0.15, 0.2) is 24.3 Å². The predicted molar refractivity (Wildman–Crippen MR) is 76.5 cm³/mol. The molecule has 0 heterocycles. The summed E-state index contributed by atoms with van der Waals surface area (Å²) in [6.45, 7) is 5.39. The van der Waals surface area contributed by atoms with E-state index in [1.54, 1.807) is 45.0 Å². The fraction of sp³-hybridized carbons (Fsp3) is 0.533. The van der Waals surface area contributed by atoms with Crippen molar-refractivity contribution >= 4 is 6.09 Å². The maximum absolute atomic E-state index is 11.8. The van der Waals surface area contributed by atoms with E-state index in [0.717, 1.165) is 0 Å². The summed E-state index contributed by atoms with van der Waals surface area (Å²) in [5, 5.41) is 21.5. The van der Waals surface area contributed by atoms with Gasteiger partial charge in [0.05, 0.1) is 6.04 Å². The highest BCUT2D eigenvalue weighted by Gasteiger charge is 2.21. The summed E-state index contributed by atoms with van der Waals surface area (Å²) in [4.78, 5) is 11.8. The molecule has 0 spiro atoms. The molecule has 0 saturated carbocycles. The third-order valence-corrected chi connectivity index (χ3v) is 2.65. The van der Waals surface area contributed by atoms with Crippen molar-refractivity contribution in [3.63, 3.8) is 0 Å². The van der Waals surface area contributed by atoms with Gasteiger partial charge in [-0.05, 0) is 39.7 Å². The Bertz CT molecular complexity index is 440. The van der Waals surface area contributed by atoms with E-state index in [0.29, 0.717) is 18.4 Å². The van der Waals surface area contributed by atoms with Crippen LogP contribution in [0.1, 0.15) is 45.2 Å². The van der Waals surface area contributed by atoms with E-state index >= 15 is 0 Å². The molecule has 0 aliphatic rings. The van der Waals surface area contributed by atoms with Gasteiger partial charge in [0, 0.05) is 12.2 Å². The summed E-state index contributed by atoms with van der Waals surface area (Å²) >= 11 is 0. The second kappa shape index (κ2) is 7.14. The number of carbonyl (C=O) groups is 1. The van der Waals surface area contributed by atoms with Crippen LogP contribution in [0.25, 0.3) is 0 Å². The summed E-state index contributed by atoms with van der Waals surface area (Å²) in [7, 11) is 0. The smallest absolute Gasteiger partial charge is 0.408 e. The van der Waals surface area contributed by atoms with E-state index in [4.69, 9.17) is 9.84 Å². The molecular formula is C15H23NO4. The van der Waals surface area contributed by atoms with Crippen LogP contribution in [-0.4, -0.2) is 28.5 Å². The Morgan fingerprint density at radius 3 is 2.55 bits per heavy atom. The van der Waals surface area contributed by atoms with E-state index in [9.17, 15) is 9.90 Å². The highest BCUT2D eigenvalue weighted by Crippen LogP contribution is 2.27. The molecular weight excluding hydrogens is 258 g/mol. The number of ether oxygens (including phenoxy) is 1. The number of aromatic hydroxyl groups is 1. The van der Waals surface area contributed by atoms with Crippen LogP contribution < -0.4 is 5.32 Å². The quantitative estimate of drug-likeness (QED) is 0.775. The lowest BCUT2D eigenvalue weighted by molar-refractivity contribution is 0.0498. The number of aliphatic hydroxyl groups excluding tert-OH is 1. The zero-order chi connectivity index (χ0) is 15.2. The normalized spacial score (nSPS) is 12.8. The van der Waals surface area contributed by atoms with Gasteiger partial charge in [-0.2, -0.15) is 0 Å². The van der Waals surface area contributed by atoms with Crippen LogP contribution in [0.4, 0.5) is 4.79 Å². The van der Waals surface area contributed by atoms with Crippen LogP contribution in [-0.2, 0) is 4.74 Å². The molecule has 5 nitrogen and oxygen atoms in total. The Kier molecular flexibility index (Phi) is 5.82. The Hall–Kier alpha value is -1.75.